The van der Waals surface area contributed by atoms with Gasteiger partial charge in [-0.1, -0.05) is 60.7 Å². The van der Waals surface area contributed by atoms with Crippen LogP contribution in [0.1, 0.15) is 12.5 Å². The third kappa shape index (κ3) is 2.34. The highest BCUT2D eigenvalue weighted by atomic mass is 32.2. The molecule has 0 radical (unpaired) electrons. The molecular formula is C19H14N2O2S. The quantitative estimate of drug-likeness (QED) is 0.713. The molecule has 1 aliphatic rings. The molecule has 0 amide bonds. The predicted octanol–water partition coefficient (Wildman–Crippen LogP) is 3.93. The molecule has 0 spiro atoms. The van der Waals surface area contributed by atoms with Crippen LogP contribution in [0.15, 0.2) is 76.2 Å². The van der Waals surface area contributed by atoms with Crippen molar-refractivity contribution >= 4 is 15.7 Å². The van der Waals surface area contributed by atoms with Crippen molar-refractivity contribution in [3.63, 3.8) is 0 Å². The van der Waals surface area contributed by atoms with Crippen molar-refractivity contribution < 1.29 is 8.42 Å². The van der Waals surface area contributed by atoms with Crippen LogP contribution in [0, 0.1) is 0 Å². The Labute approximate surface area is 140 Å². The second-order valence-corrected chi connectivity index (χ2v) is 7.14. The van der Waals surface area contributed by atoms with Crippen LogP contribution in [0.25, 0.3) is 22.4 Å². The van der Waals surface area contributed by atoms with Gasteiger partial charge in [0.1, 0.15) is 0 Å². The normalized spacial score (nSPS) is 15.0. The number of aromatic nitrogens is 1. The molecule has 0 unspecified atom stereocenters. The van der Waals surface area contributed by atoms with Crippen LogP contribution in [0.5, 0.6) is 0 Å². The van der Waals surface area contributed by atoms with E-state index in [0.717, 1.165) is 16.7 Å². The largest absolute Gasteiger partial charge is 0.300 e. The fourth-order valence-corrected chi connectivity index (χ4v) is 4.20. The standard InChI is InChI=1S/C19H14N2O2S/c1-13-18-16(14-8-4-2-5-9-14)12-17(15-10-6-3-7-11-15)20-19(18)24(22,23)21-13/h2-12H,1H3. The Kier molecular flexibility index (Phi) is 3.32. The third-order valence-corrected chi connectivity index (χ3v) is 5.30. The SMILES string of the molecule is CC1=NS(=O)(=O)c2nc(-c3ccccc3)cc(-c3ccccc3)c21. The molecule has 4 nitrogen and oxygen atoms in total. The lowest BCUT2D eigenvalue weighted by atomic mass is 9.97. The average molecular weight is 334 g/mol. The van der Waals surface area contributed by atoms with Crippen molar-refractivity contribution in [1.82, 2.24) is 4.98 Å². The van der Waals surface area contributed by atoms with Crippen LogP contribution in [0.2, 0.25) is 0 Å². The van der Waals surface area contributed by atoms with Gasteiger partial charge in [0.15, 0.2) is 5.03 Å². The Morgan fingerprint density at radius 2 is 1.42 bits per heavy atom. The van der Waals surface area contributed by atoms with Crippen molar-refractivity contribution in [1.29, 1.82) is 0 Å². The van der Waals surface area contributed by atoms with Gasteiger partial charge in [-0.25, -0.2) is 4.98 Å². The fourth-order valence-electron chi connectivity index (χ4n) is 2.93. The van der Waals surface area contributed by atoms with Crippen molar-refractivity contribution in [2.45, 2.75) is 11.9 Å². The van der Waals surface area contributed by atoms with Gasteiger partial charge in [-0.3, -0.25) is 0 Å². The Hall–Kier alpha value is -2.79. The molecule has 0 atom stereocenters. The summed E-state index contributed by atoms with van der Waals surface area (Å²) < 4.78 is 28.6. The second kappa shape index (κ2) is 5.39. The summed E-state index contributed by atoms with van der Waals surface area (Å²) in [7, 11) is -3.74. The molecule has 0 bridgehead atoms. The first kappa shape index (κ1) is 14.8. The van der Waals surface area contributed by atoms with Gasteiger partial charge in [0.2, 0.25) is 0 Å². The van der Waals surface area contributed by atoms with Gasteiger partial charge in [-0.2, -0.15) is 12.8 Å². The highest BCUT2D eigenvalue weighted by Crippen LogP contribution is 2.36. The topological polar surface area (TPSA) is 59.4 Å². The summed E-state index contributed by atoms with van der Waals surface area (Å²) in [5.74, 6) is 0. The number of nitrogens with zero attached hydrogens (tertiary/aromatic N) is 2. The molecule has 5 heteroatoms. The second-order valence-electron chi connectivity index (χ2n) is 5.62. The number of sulfonamides is 1. The summed E-state index contributed by atoms with van der Waals surface area (Å²) in [6, 6.07) is 21.2. The molecular weight excluding hydrogens is 320 g/mol. The van der Waals surface area contributed by atoms with E-state index < -0.39 is 10.0 Å². The summed E-state index contributed by atoms with van der Waals surface area (Å²) in [5.41, 5.74) is 4.36. The molecule has 4 rings (SSSR count). The van der Waals surface area contributed by atoms with E-state index >= 15 is 0 Å². The van der Waals surface area contributed by atoms with Gasteiger partial charge in [-0.05, 0) is 24.1 Å². The smallest absolute Gasteiger partial charge is 0.234 e. The van der Waals surface area contributed by atoms with Crippen molar-refractivity contribution in [3.8, 4) is 22.4 Å². The van der Waals surface area contributed by atoms with Gasteiger partial charge in [0.05, 0.1) is 11.4 Å². The fraction of sp³-hybridized carbons (Fsp3) is 0.0526. The van der Waals surface area contributed by atoms with E-state index in [1.807, 2.05) is 66.7 Å². The number of pyridine rings is 1. The van der Waals surface area contributed by atoms with E-state index in [1.165, 1.54) is 0 Å². The molecule has 3 aromatic rings. The van der Waals surface area contributed by atoms with Crippen LogP contribution in [0.3, 0.4) is 0 Å². The minimum Gasteiger partial charge on any atom is -0.234 e. The highest BCUT2D eigenvalue weighted by molar-refractivity contribution is 7.90. The molecule has 0 saturated heterocycles. The maximum atomic E-state index is 12.4. The van der Waals surface area contributed by atoms with Crippen LogP contribution >= 0.6 is 0 Å². The van der Waals surface area contributed by atoms with Crippen LogP contribution in [-0.2, 0) is 10.0 Å². The minimum absolute atomic E-state index is 0.0419. The van der Waals surface area contributed by atoms with Crippen molar-refractivity contribution in [3.05, 3.63) is 72.3 Å². The molecule has 0 aliphatic carbocycles. The maximum Gasteiger partial charge on any atom is 0.300 e. The number of fused-ring (bicyclic) bond motifs is 1. The molecule has 1 aliphatic heterocycles. The van der Waals surface area contributed by atoms with Gasteiger partial charge in [0.25, 0.3) is 0 Å². The monoisotopic (exact) mass is 334 g/mol. The molecule has 24 heavy (non-hydrogen) atoms. The number of benzene rings is 2. The molecule has 0 N–H and O–H groups in total. The molecule has 118 valence electrons. The number of hydrogen-bond donors (Lipinski definition) is 0. The first-order valence-corrected chi connectivity index (χ1v) is 8.98. The lowest BCUT2D eigenvalue weighted by Crippen LogP contribution is -2.03. The minimum atomic E-state index is -3.74. The number of rotatable bonds is 2. The molecule has 2 aromatic carbocycles. The van der Waals surface area contributed by atoms with E-state index in [2.05, 4.69) is 9.38 Å². The van der Waals surface area contributed by atoms with E-state index in [9.17, 15) is 8.42 Å². The summed E-state index contributed by atoms with van der Waals surface area (Å²) in [4.78, 5) is 4.41. The highest BCUT2D eigenvalue weighted by Gasteiger charge is 2.32. The van der Waals surface area contributed by atoms with E-state index in [1.54, 1.807) is 6.92 Å². The maximum absolute atomic E-state index is 12.4. The molecule has 0 fully saturated rings. The van der Waals surface area contributed by atoms with Gasteiger partial charge >= 0.3 is 10.0 Å². The van der Waals surface area contributed by atoms with Gasteiger partial charge in [-0.15, -0.1) is 0 Å². The zero-order valence-electron chi connectivity index (χ0n) is 13.0. The lowest BCUT2D eigenvalue weighted by molar-refractivity contribution is 0.596. The average Bonchev–Trinajstić information content (AvgIpc) is 2.85. The zero-order chi connectivity index (χ0) is 16.7. The Bertz CT molecular complexity index is 1060. The third-order valence-electron chi connectivity index (χ3n) is 4.00. The summed E-state index contributed by atoms with van der Waals surface area (Å²) in [6.45, 7) is 1.71. The van der Waals surface area contributed by atoms with Gasteiger partial charge in [0, 0.05) is 11.1 Å². The van der Waals surface area contributed by atoms with E-state index in [-0.39, 0.29) is 5.03 Å². The van der Waals surface area contributed by atoms with Crippen molar-refractivity contribution in [2.75, 3.05) is 0 Å². The zero-order valence-corrected chi connectivity index (χ0v) is 13.8. The van der Waals surface area contributed by atoms with E-state index in [4.69, 9.17) is 0 Å². The van der Waals surface area contributed by atoms with Crippen LogP contribution in [0.4, 0.5) is 0 Å². The first-order valence-electron chi connectivity index (χ1n) is 7.54. The Morgan fingerprint density at radius 1 is 0.833 bits per heavy atom. The summed E-state index contributed by atoms with van der Waals surface area (Å²) in [6.07, 6.45) is 0. The van der Waals surface area contributed by atoms with E-state index in [0.29, 0.717) is 17.0 Å². The Balaban J connectivity index is 2.06. The molecule has 1 aromatic heterocycles. The first-order chi connectivity index (χ1) is 11.6. The van der Waals surface area contributed by atoms with Gasteiger partial charge < -0.3 is 0 Å². The summed E-state index contributed by atoms with van der Waals surface area (Å²) in [5, 5.41) is 0.0419. The lowest BCUT2D eigenvalue weighted by Gasteiger charge is -2.11. The molecule has 2 heterocycles. The molecule has 0 saturated carbocycles. The van der Waals surface area contributed by atoms with Crippen LogP contribution < -0.4 is 0 Å². The Morgan fingerprint density at radius 3 is 2.04 bits per heavy atom. The predicted molar refractivity (Wildman–Crippen MR) is 94.5 cm³/mol. The summed E-state index contributed by atoms with van der Waals surface area (Å²) >= 11 is 0. The number of hydrogen-bond acceptors (Lipinski definition) is 3. The van der Waals surface area contributed by atoms with Crippen LogP contribution in [-0.4, -0.2) is 19.1 Å². The van der Waals surface area contributed by atoms with Crippen molar-refractivity contribution in [2.24, 2.45) is 4.40 Å².